The predicted molar refractivity (Wildman–Crippen MR) is 120 cm³/mol. The molecule has 3 aromatic heterocycles. The molecule has 2 saturated heterocycles. The monoisotopic (exact) mass is 441 g/mol. The van der Waals surface area contributed by atoms with Gasteiger partial charge < -0.3 is 10.2 Å². The molecule has 31 heavy (non-hydrogen) atoms. The summed E-state index contributed by atoms with van der Waals surface area (Å²) < 4.78 is 3.60. The SMILES string of the molecule is Cn1cc(Nc2ncc(Cl)c(N3CC4(C)CN(Cc5ccn(C)n5)CC4(C)C3)n2)cn1. The van der Waals surface area contributed by atoms with Gasteiger partial charge in [0, 0.05) is 70.0 Å². The first-order chi connectivity index (χ1) is 14.7. The minimum Gasteiger partial charge on any atom is -0.354 e. The number of aromatic nitrogens is 6. The van der Waals surface area contributed by atoms with Gasteiger partial charge in [0.15, 0.2) is 5.82 Å². The van der Waals surface area contributed by atoms with Gasteiger partial charge in [-0.2, -0.15) is 15.2 Å². The average Bonchev–Trinajstić information content (AvgIpc) is 3.40. The largest absolute Gasteiger partial charge is 0.354 e. The van der Waals surface area contributed by atoms with Crippen LogP contribution < -0.4 is 10.2 Å². The second-order valence-electron chi connectivity index (χ2n) is 9.50. The van der Waals surface area contributed by atoms with Gasteiger partial charge in [-0.15, -0.1) is 0 Å². The summed E-state index contributed by atoms with van der Waals surface area (Å²) in [6, 6.07) is 2.10. The lowest BCUT2D eigenvalue weighted by Gasteiger charge is -2.30. The zero-order valence-corrected chi connectivity index (χ0v) is 19.1. The summed E-state index contributed by atoms with van der Waals surface area (Å²) >= 11 is 6.54. The van der Waals surface area contributed by atoms with Crippen molar-refractivity contribution < 1.29 is 0 Å². The fourth-order valence-electron chi connectivity index (χ4n) is 5.10. The van der Waals surface area contributed by atoms with Crippen LogP contribution in [-0.2, 0) is 20.6 Å². The highest BCUT2D eigenvalue weighted by atomic mass is 35.5. The lowest BCUT2D eigenvalue weighted by molar-refractivity contribution is 0.212. The van der Waals surface area contributed by atoms with E-state index >= 15 is 0 Å². The van der Waals surface area contributed by atoms with Gasteiger partial charge in [-0.3, -0.25) is 14.3 Å². The van der Waals surface area contributed by atoms with E-state index < -0.39 is 0 Å². The van der Waals surface area contributed by atoms with Gasteiger partial charge in [0.2, 0.25) is 5.95 Å². The van der Waals surface area contributed by atoms with Crippen molar-refractivity contribution in [1.29, 1.82) is 0 Å². The average molecular weight is 442 g/mol. The first kappa shape index (κ1) is 20.3. The number of hydrogen-bond donors (Lipinski definition) is 1. The third-order valence-electron chi connectivity index (χ3n) is 6.82. The maximum atomic E-state index is 6.54. The normalized spacial score (nSPS) is 25.9. The molecule has 5 heterocycles. The molecule has 2 fully saturated rings. The van der Waals surface area contributed by atoms with Crippen molar-refractivity contribution in [2.24, 2.45) is 24.9 Å². The fraction of sp³-hybridized carbons (Fsp3) is 0.524. The van der Waals surface area contributed by atoms with Gasteiger partial charge in [-0.1, -0.05) is 25.4 Å². The van der Waals surface area contributed by atoms with Crippen LogP contribution in [0.4, 0.5) is 17.5 Å². The molecule has 0 spiro atoms. The number of halogens is 1. The second-order valence-corrected chi connectivity index (χ2v) is 9.90. The van der Waals surface area contributed by atoms with Gasteiger partial charge >= 0.3 is 0 Å². The fourth-order valence-corrected chi connectivity index (χ4v) is 5.31. The third kappa shape index (κ3) is 3.65. The highest BCUT2D eigenvalue weighted by Crippen LogP contribution is 2.53. The molecule has 9 nitrogen and oxygen atoms in total. The van der Waals surface area contributed by atoms with Crippen molar-refractivity contribution >= 4 is 29.1 Å². The Morgan fingerprint density at radius 2 is 1.81 bits per heavy atom. The Balaban J connectivity index is 1.33. The molecule has 5 rings (SSSR count). The van der Waals surface area contributed by atoms with E-state index in [4.69, 9.17) is 16.6 Å². The summed E-state index contributed by atoms with van der Waals surface area (Å²) in [6.45, 7) is 9.53. The van der Waals surface area contributed by atoms with E-state index in [2.05, 4.69) is 50.2 Å². The Labute approximate surface area is 187 Å². The predicted octanol–water partition coefficient (Wildman–Crippen LogP) is 2.69. The van der Waals surface area contributed by atoms with Crippen LogP contribution in [0.25, 0.3) is 0 Å². The molecule has 0 bridgehead atoms. The molecule has 2 atom stereocenters. The first-order valence-corrected chi connectivity index (χ1v) is 10.8. The molecule has 2 unspecified atom stereocenters. The summed E-state index contributed by atoms with van der Waals surface area (Å²) in [5.41, 5.74) is 2.26. The topological polar surface area (TPSA) is 79.9 Å². The van der Waals surface area contributed by atoms with E-state index in [-0.39, 0.29) is 10.8 Å². The van der Waals surface area contributed by atoms with E-state index in [0.717, 1.165) is 49.9 Å². The van der Waals surface area contributed by atoms with E-state index in [1.807, 2.05) is 31.2 Å². The van der Waals surface area contributed by atoms with E-state index in [1.165, 1.54) is 0 Å². The van der Waals surface area contributed by atoms with E-state index in [9.17, 15) is 0 Å². The van der Waals surface area contributed by atoms with Gasteiger partial charge in [0.05, 0.1) is 23.8 Å². The molecular weight excluding hydrogens is 414 g/mol. The lowest BCUT2D eigenvalue weighted by atomic mass is 9.71. The summed E-state index contributed by atoms with van der Waals surface area (Å²) in [4.78, 5) is 13.9. The molecule has 0 aromatic carbocycles. The van der Waals surface area contributed by atoms with Crippen LogP contribution in [0.2, 0.25) is 5.02 Å². The van der Waals surface area contributed by atoms with Crippen molar-refractivity contribution in [2.45, 2.75) is 20.4 Å². The molecule has 164 valence electrons. The highest BCUT2D eigenvalue weighted by Gasteiger charge is 2.57. The molecule has 10 heteroatoms. The second kappa shape index (κ2) is 7.20. The van der Waals surface area contributed by atoms with Gasteiger partial charge in [0.25, 0.3) is 0 Å². The van der Waals surface area contributed by atoms with Crippen molar-refractivity contribution in [3.63, 3.8) is 0 Å². The van der Waals surface area contributed by atoms with Crippen molar-refractivity contribution in [2.75, 3.05) is 36.4 Å². The van der Waals surface area contributed by atoms with Crippen LogP contribution in [0.1, 0.15) is 19.5 Å². The highest BCUT2D eigenvalue weighted by molar-refractivity contribution is 6.32. The molecular formula is C21H28ClN9. The summed E-state index contributed by atoms with van der Waals surface area (Å²) in [5, 5.41) is 12.5. The third-order valence-corrected chi connectivity index (χ3v) is 7.09. The molecule has 2 aliphatic heterocycles. The number of nitrogens with zero attached hydrogens (tertiary/aromatic N) is 8. The van der Waals surface area contributed by atoms with E-state index in [1.54, 1.807) is 17.1 Å². The zero-order valence-electron chi connectivity index (χ0n) is 18.4. The smallest absolute Gasteiger partial charge is 0.229 e. The van der Waals surface area contributed by atoms with Crippen LogP contribution in [-0.4, -0.2) is 60.6 Å². The minimum atomic E-state index is 0.146. The molecule has 3 aromatic rings. The maximum Gasteiger partial charge on any atom is 0.229 e. The first-order valence-electron chi connectivity index (χ1n) is 10.5. The Bertz CT molecular complexity index is 1090. The number of fused-ring (bicyclic) bond motifs is 1. The maximum absolute atomic E-state index is 6.54. The quantitative estimate of drug-likeness (QED) is 0.652. The lowest BCUT2D eigenvalue weighted by Crippen LogP contribution is -2.34. The summed E-state index contributed by atoms with van der Waals surface area (Å²) in [7, 11) is 3.84. The number of rotatable bonds is 5. The number of aryl methyl sites for hydroxylation is 2. The molecule has 1 N–H and O–H groups in total. The van der Waals surface area contributed by atoms with Gasteiger partial charge in [-0.25, -0.2) is 4.98 Å². The van der Waals surface area contributed by atoms with Crippen LogP contribution in [0.3, 0.4) is 0 Å². The van der Waals surface area contributed by atoms with Crippen LogP contribution >= 0.6 is 11.6 Å². The number of likely N-dealkylation sites (tertiary alicyclic amines) is 1. The Morgan fingerprint density at radius 1 is 1.06 bits per heavy atom. The number of anilines is 3. The van der Waals surface area contributed by atoms with Crippen molar-refractivity contribution in [3.05, 3.63) is 41.6 Å². The molecule has 0 aliphatic carbocycles. The molecule has 0 amide bonds. The summed E-state index contributed by atoms with van der Waals surface area (Å²) in [5.74, 6) is 1.31. The Kier molecular flexibility index (Phi) is 4.71. The van der Waals surface area contributed by atoms with Crippen LogP contribution in [0, 0.1) is 10.8 Å². The van der Waals surface area contributed by atoms with Gasteiger partial charge in [-0.05, 0) is 6.07 Å². The minimum absolute atomic E-state index is 0.146. The summed E-state index contributed by atoms with van der Waals surface area (Å²) in [6.07, 6.45) is 7.31. The van der Waals surface area contributed by atoms with Gasteiger partial charge in [0.1, 0.15) is 5.02 Å². The van der Waals surface area contributed by atoms with E-state index in [0.29, 0.717) is 11.0 Å². The molecule has 2 aliphatic rings. The van der Waals surface area contributed by atoms with Crippen LogP contribution in [0.15, 0.2) is 30.9 Å². The van der Waals surface area contributed by atoms with Crippen LogP contribution in [0.5, 0.6) is 0 Å². The standard InChI is InChI=1S/C21H28ClN9/c1-20-11-30(10-15-5-6-28(3)27-15)12-21(20,2)14-31(13-20)18-17(22)8-23-19(26-18)25-16-7-24-29(4)9-16/h5-9H,10-14H2,1-4H3,(H,23,25,26). The Hall–Kier alpha value is -2.65. The zero-order chi connectivity index (χ0) is 21.8. The number of nitrogens with one attached hydrogen (secondary N) is 1. The number of hydrogen-bond acceptors (Lipinski definition) is 7. The Morgan fingerprint density at radius 3 is 2.42 bits per heavy atom. The van der Waals surface area contributed by atoms with Crippen molar-refractivity contribution in [1.82, 2.24) is 34.4 Å². The van der Waals surface area contributed by atoms with Crippen molar-refractivity contribution in [3.8, 4) is 0 Å². The molecule has 0 saturated carbocycles. The molecule has 0 radical (unpaired) electrons.